The van der Waals surface area contributed by atoms with Crippen LogP contribution in [0, 0.1) is 0 Å². The Hall–Kier alpha value is -0.120. The van der Waals surface area contributed by atoms with Crippen molar-refractivity contribution in [3.05, 3.63) is 0 Å². The van der Waals surface area contributed by atoms with Gasteiger partial charge in [-0.3, -0.25) is 0 Å². The van der Waals surface area contributed by atoms with E-state index < -0.39 is 0 Å². The minimum atomic E-state index is -0.317. The minimum Gasteiger partial charge on any atom is -0.394 e. The van der Waals surface area contributed by atoms with Crippen LogP contribution in [-0.2, 0) is 0 Å². The van der Waals surface area contributed by atoms with E-state index in [4.69, 9.17) is 5.73 Å². The van der Waals surface area contributed by atoms with Crippen LogP contribution >= 0.6 is 0 Å². The maximum absolute atomic E-state index is 9.37. The fraction of sp³-hybridized carbons (Fsp3) is 1.00. The van der Waals surface area contributed by atoms with Gasteiger partial charge in [0.2, 0.25) is 0 Å². The van der Waals surface area contributed by atoms with Gasteiger partial charge in [0.15, 0.2) is 0 Å². The first kappa shape index (κ1) is 13.9. The second kappa shape index (κ2) is 6.58. The lowest BCUT2D eigenvalue weighted by atomic mass is 9.79. The molecule has 16 heavy (non-hydrogen) atoms. The van der Waals surface area contributed by atoms with Gasteiger partial charge >= 0.3 is 0 Å². The van der Waals surface area contributed by atoms with Gasteiger partial charge < -0.3 is 15.7 Å². The fourth-order valence-corrected chi connectivity index (χ4v) is 2.87. The summed E-state index contributed by atoms with van der Waals surface area (Å²) >= 11 is 0. The normalized spacial score (nSPS) is 30.9. The van der Waals surface area contributed by atoms with Crippen LogP contribution < -0.4 is 5.73 Å². The third-order valence-corrected chi connectivity index (χ3v) is 3.71. The number of hydrogen-bond acceptors (Lipinski definition) is 3. The zero-order chi connectivity index (χ0) is 12.0. The summed E-state index contributed by atoms with van der Waals surface area (Å²) in [4.78, 5) is 2.57. The van der Waals surface area contributed by atoms with Crippen LogP contribution in [0.15, 0.2) is 0 Å². The van der Waals surface area contributed by atoms with Gasteiger partial charge in [0.1, 0.15) is 0 Å². The molecule has 0 aromatic carbocycles. The number of hydrogen-bond donors (Lipinski definition) is 2. The van der Waals surface area contributed by atoms with E-state index in [-0.39, 0.29) is 12.1 Å². The first-order valence-electron chi connectivity index (χ1n) is 6.79. The summed E-state index contributed by atoms with van der Waals surface area (Å²) in [5.41, 5.74) is 5.89. The molecule has 0 saturated heterocycles. The van der Waals surface area contributed by atoms with Crippen molar-refractivity contribution in [2.75, 3.05) is 19.7 Å². The van der Waals surface area contributed by atoms with Crippen molar-refractivity contribution < 1.29 is 5.11 Å². The summed E-state index contributed by atoms with van der Waals surface area (Å²) in [7, 11) is 0. The van der Waals surface area contributed by atoms with Gasteiger partial charge in [0.05, 0.1) is 6.61 Å². The highest BCUT2D eigenvalue weighted by molar-refractivity contribution is 4.93. The quantitative estimate of drug-likeness (QED) is 0.728. The molecule has 0 amide bonds. The molecule has 3 N–H and O–H groups in total. The van der Waals surface area contributed by atoms with Crippen molar-refractivity contribution in [3.63, 3.8) is 0 Å². The average molecular weight is 228 g/mol. The molecule has 1 rings (SSSR count). The van der Waals surface area contributed by atoms with Crippen LogP contribution in [0.2, 0.25) is 0 Å². The molecule has 0 aliphatic heterocycles. The lowest BCUT2D eigenvalue weighted by Crippen LogP contribution is -2.53. The Morgan fingerprint density at radius 3 is 2.44 bits per heavy atom. The molecule has 2 unspecified atom stereocenters. The molecule has 1 aliphatic carbocycles. The highest BCUT2D eigenvalue weighted by Crippen LogP contribution is 2.29. The molecule has 3 heteroatoms. The van der Waals surface area contributed by atoms with Gasteiger partial charge in [-0.2, -0.15) is 0 Å². The Morgan fingerprint density at radius 2 is 1.94 bits per heavy atom. The molecule has 0 aromatic rings. The topological polar surface area (TPSA) is 49.5 Å². The third-order valence-electron chi connectivity index (χ3n) is 3.71. The molecular weight excluding hydrogens is 200 g/mol. The van der Waals surface area contributed by atoms with E-state index in [9.17, 15) is 5.11 Å². The van der Waals surface area contributed by atoms with Gasteiger partial charge in [-0.05, 0) is 51.6 Å². The predicted octanol–water partition coefficient (Wildman–Crippen LogP) is 1.74. The van der Waals surface area contributed by atoms with E-state index >= 15 is 0 Å². The smallest absolute Gasteiger partial charge is 0.0611 e. The van der Waals surface area contributed by atoms with E-state index in [0.717, 1.165) is 19.3 Å². The monoisotopic (exact) mass is 228 g/mol. The summed E-state index contributed by atoms with van der Waals surface area (Å²) in [5, 5.41) is 9.37. The lowest BCUT2D eigenvalue weighted by molar-refractivity contribution is 0.0808. The van der Waals surface area contributed by atoms with Crippen molar-refractivity contribution in [3.8, 4) is 0 Å². The van der Waals surface area contributed by atoms with Gasteiger partial charge in [-0.1, -0.05) is 13.8 Å². The second-order valence-electron chi connectivity index (χ2n) is 5.31. The Bertz CT molecular complexity index is 192. The van der Waals surface area contributed by atoms with Crippen LogP contribution in [0.25, 0.3) is 0 Å². The summed E-state index contributed by atoms with van der Waals surface area (Å²) in [6.45, 7) is 6.93. The van der Waals surface area contributed by atoms with E-state index in [1.165, 1.54) is 32.4 Å². The molecule has 1 aliphatic rings. The summed E-state index contributed by atoms with van der Waals surface area (Å²) in [5.74, 6) is 0. The molecular formula is C13H28N2O. The standard InChI is InChI=1S/C13H28N2O/c1-3-8-15(9-4-2)12-6-5-7-13(14,10-12)11-16/h12,16H,3-11,14H2,1-2H3. The summed E-state index contributed by atoms with van der Waals surface area (Å²) in [6, 6.07) is 0.589. The van der Waals surface area contributed by atoms with Crippen molar-refractivity contribution >= 4 is 0 Å². The van der Waals surface area contributed by atoms with Crippen LogP contribution in [0.4, 0.5) is 0 Å². The molecule has 0 heterocycles. The summed E-state index contributed by atoms with van der Waals surface area (Å²) in [6.07, 6.45) is 6.75. The average Bonchev–Trinajstić information content (AvgIpc) is 2.29. The maximum atomic E-state index is 9.37. The van der Waals surface area contributed by atoms with Crippen LogP contribution in [0.5, 0.6) is 0 Å². The molecule has 1 fully saturated rings. The van der Waals surface area contributed by atoms with E-state index in [0.29, 0.717) is 6.04 Å². The number of aliphatic hydroxyl groups is 1. The Morgan fingerprint density at radius 1 is 1.31 bits per heavy atom. The number of rotatable bonds is 6. The molecule has 3 nitrogen and oxygen atoms in total. The highest BCUT2D eigenvalue weighted by Gasteiger charge is 2.34. The second-order valence-corrected chi connectivity index (χ2v) is 5.31. The molecule has 0 bridgehead atoms. The minimum absolute atomic E-state index is 0.135. The molecule has 0 aromatic heterocycles. The Kier molecular flexibility index (Phi) is 5.73. The zero-order valence-electron chi connectivity index (χ0n) is 10.9. The third kappa shape index (κ3) is 3.72. The molecule has 1 saturated carbocycles. The largest absolute Gasteiger partial charge is 0.394 e. The van der Waals surface area contributed by atoms with Crippen LogP contribution in [0.3, 0.4) is 0 Å². The molecule has 2 atom stereocenters. The van der Waals surface area contributed by atoms with Gasteiger partial charge in [-0.15, -0.1) is 0 Å². The summed E-state index contributed by atoms with van der Waals surface area (Å²) < 4.78 is 0. The van der Waals surface area contributed by atoms with E-state index in [2.05, 4.69) is 18.7 Å². The van der Waals surface area contributed by atoms with Gasteiger partial charge in [0, 0.05) is 11.6 Å². The Labute approximate surface area is 100 Å². The van der Waals surface area contributed by atoms with Crippen LogP contribution in [0.1, 0.15) is 52.4 Å². The van der Waals surface area contributed by atoms with E-state index in [1.54, 1.807) is 0 Å². The SMILES string of the molecule is CCCN(CCC)C1CCCC(N)(CO)C1. The van der Waals surface area contributed by atoms with Crippen LogP contribution in [-0.4, -0.2) is 41.3 Å². The highest BCUT2D eigenvalue weighted by atomic mass is 16.3. The zero-order valence-corrected chi connectivity index (χ0v) is 10.9. The first-order chi connectivity index (χ1) is 7.65. The first-order valence-corrected chi connectivity index (χ1v) is 6.79. The van der Waals surface area contributed by atoms with Gasteiger partial charge in [-0.25, -0.2) is 0 Å². The van der Waals surface area contributed by atoms with Crippen molar-refractivity contribution in [1.29, 1.82) is 0 Å². The van der Waals surface area contributed by atoms with Crippen molar-refractivity contribution in [2.45, 2.75) is 64.0 Å². The lowest BCUT2D eigenvalue weighted by Gasteiger charge is -2.42. The number of nitrogens with two attached hydrogens (primary N) is 1. The molecule has 0 spiro atoms. The molecule has 0 radical (unpaired) electrons. The number of aliphatic hydroxyl groups excluding tert-OH is 1. The molecule has 96 valence electrons. The maximum Gasteiger partial charge on any atom is 0.0611 e. The Balaban J connectivity index is 2.55. The predicted molar refractivity (Wildman–Crippen MR) is 68.4 cm³/mol. The van der Waals surface area contributed by atoms with Crippen molar-refractivity contribution in [1.82, 2.24) is 4.90 Å². The fourth-order valence-electron chi connectivity index (χ4n) is 2.87. The van der Waals surface area contributed by atoms with Crippen molar-refractivity contribution in [2.24, 2.45) is 5.73 Å². The van der Waals surface area contributed by atoms with Gasteiger partial charge in [0.25, 0.3) is 0 Å². The van der Waals surface area contributed by atoms with E-state index in [1.807, 2.05) is 0 Å². The number of nitrogens with zero attached hydrogens (tertiary/aromatic N) is 1.